The van der Waals surface area contributed by atoms with Crippen LogP contribution >= 0.6 is 0 Å². The minimum Gasteiger partial charge on any atom is -0.394 e. The monoisotopic (exact) mass is 282 g/mol. The van der Waals surface area contributed by atoms with Crippen molar-refractivity contribution in [1.29, 1.82) is 0 Å². The van der Waals surface area contributed by atoms with Crippen molar-refractivity contribution in [3.8, 4) is 0 Å². The van der Waals surface area contributed by atoms with Gasteiger partial charge in [0, 0.05) is 0 Å². The van der Waals surface area contributed by atoms with E-state index in [1.54, 1.807) is 0 Å². The fraction of sp³-hybridized carbons (Fsp3) is 0.500. The lowest BCUT2D eigenvalue weighted by Crippen LogP contribution is -2.52. The molecule has 0 radical (unpaired) electrons. The minimum atomic E-state index is -1.80. The number of ether oxygens (including phenoxy) is 1. The van der Waals surface area contributed by atoms with Gasteiger partial charge in [-0.2, -0.15) is 4.98 Å². The molecule has 1 unspecified atom stereocenters. The Labute approximate surface area is 112 Å². The van der Waals surface area contributed by atoms with Gasteiger partial charge in [-0.15, -0.1) is 0 Å². The van der Waals surface area contributed by atoms with Crippen LogP contribution in [-0.4, -0.2) is 59.8 Å². The molecular formula is C10H14N6O4. The number of aliphatic hydroxyl groups is 3. The van der Waals surface area contributed by atoms with Gasteiger partial charge in [-0.3, -0.25) is 10.3 Å². The third-order valence-corrected chi connectivity index (χ3v) is 3.33. The van der Waals surface area contributed by atoms with Crippen LogP contribution in [0.5, 0.6) is 0 Å². The SMILES string of the molecule is Nc1ncc2ncn(C3(N)O[C@H](CO)[C@@H](O)[C@H]3O)c2n1. The number of anilines is 1. The predicted molar refractivity (Wildman–Crippen MR) is 65.9 cm³/mol. The molecule has 4 atom stereocenters. The average molecular weight is 282 g/mol. The summed E-state index contributed by atoms with van der Waals surface area (Å²) >= 11 is 0. The molecule has 0 bridgehead atoms. The fourth-order valence-electron chi connectivity index (χ4n) is 2.25. The molecule has 0 saturated carbocycles. The number of rotatable bonds is 2. The third-order valence-electron chi connectivity index (χ3n) is 3.33. The van der Waals surface area contributed by atoms with Gasteiger partial charge in [0.2, 0.25) is 11.8 Å². The lowest BCUT2D eigenvalue weighted by Gasteiger charge is -2.28. The predicted octanol–water partition coefficient (Wildman–Crippen LogP) is -2.91. The first-order valence-electron chi connectivity index (χ1n) is 5.87. The van der Waals surface area contributed by atoms with Gasteiger partial charge in [-0.05, 0) is 0 Å². The summed E-state index contributed by atoms with van der Waals surface area (Å²) in [5.41, 5.74) is 12.2. The molecule has 1 saturated heterocycles. The van der Waals surface area contributed by atoms with E-state index in [0.717, 1.165) is 0 Å². The van der Waals surface area contributed by atoms with Crippen LogP contribution in [0.1, 0.15) is 0 Å². The zero-order valence-corrected chi connectivity index (χ0v) is 10.3. The van der Waals surface area contributed by atoms with Crippen molar-refractivity contribution >= 4 is 17.1 Å². The molecule has 1 fully saturated rings. The maximum atomic E-state index is 10.1. The zero-order chi connectivity index (χ0) is 14.5. The maximum absolute atomic E-state index is 10.1. The number of fused-ring (bicyclic) bond motifs is 1. The highest BCUT2D eigenvalue weighted by Crippen LogP contribution is 2.32. The molecule has 3 rings (SSSR count). The molecule has 10 heteroatoms. The van der Waals surface area contributed by atoms with Crippen LogP contribution in [0.4, 0.5) is 5.95 Å². The fourth-order valence-corrected chi connectivity index (χ4v) is 2.25. The molecule has 2 aromatic heterocycles. The zero-order valence-electron chi connectivity index (χ0n) is 10.3. The highest BCUT2D eigenvalue weighted by Gasteiger charge is 2.53. The molecular weight excluding hydrogens is 268 g/mol. The van der Waals surface area contributed by atoms with E-state index in [-0.39, 0.29) is 11.6 Å². The van der Waals surface area contributed by atoms with E-state index in [0.29, 0.717) is 5.52 Å². The lowest BCUT2D eigenvalue weighted by molar-refractivity contribution is -0.141. The van der Waals surface area contributed by atoms with Gasteiger partial charge in [-0.1, -0.05) is 0 Å². The van der Waals surface area contributed by atoms with Crippen LogP contribution in [0.15, 0.2) is 12.5 Å². The van der Waals surface area contributed by atoms with E-state index in [1.807, 2.05) is 0 Å². The van der Waals surface area contributed by atoms with E-state index in [2.05, 4.69) is 15.0 Å². The Kier molecular flexibility index (Phi) is 2.84. The van der Waals surface area contributed by atoms with Gasteiger partial charge >= 0.3 is 0 Å². The molecule has 1 aliphatic rings. The average Bonchev–Trinajstić information content (AvgIpc) is 2.94. The number of hydrogen-bond acceptors (Lipinski definition) is 9. The van der Waals surface area contributed by atoms with Gasteiger partial charge in [0.25, 0.3) is 0 Å². The van der Waals surface area contributed by atoms with Crippen molar-refractivity contribution in [1.82, 2.24) is 19.5 Å². The Morgan fingerprint density at radius 1 is 1.40 bits per heavy atom. The number of nitrogens with zero attached hydrogens (tertiary/aromatic N) is 4. The first-order valence-corrected chi connectivity index (χ1v) is 5.87. The number of nitrogen functional groups attached to an aromatic ring is 1. The van der Waals surface area contributed by atoms with Crippen LogP contribution < -0.4 is 11.5 Å². The van der Waals surface area contributed by atoms with Crippen LogP contribution in [0.25, 0.3) is 11.2 Å². The standard InChI is InChI=1S/C10H14N6O4/c11-9-13-1-4-8(15-9)16(3-14-4)10(12)7(19)6(18)5(2-17)20-10/h1,3,5-7,17-19H,2,12H2,(H2,11,13,15)/t5-,6-,7-,10?/m1/s1. The van der Waals surface area contributed by atoms with Gasteiger partial charge in [0.15, 0.2) is 5.65 Å². The molecule has 3 heterocycles. The molecule has 7 N–H and O–H groups in total. The molecule has 0 spiro atoms. The summed E-state index contributed by atoms with van der Waals surface area (Å²) in [4.78, 5) is 11.8. The summed E-state index contributed by atoms with van der Waals surface area (Å²) in [6.45, 7) is -0.485. The Morgan fingerprint density at radius 3 is 2.80 bits per heavy atom. The van der Waals surface area contributed by atoms with Gasteiger partial charge in [0.1, 0.15) is 30.2 Å². The molecule has 10 nitrogen and oxygen atoms in total. The molecule has 0 aromatic carbocycles. The topological polar surface area (TPSA) is 166 Å². The lowest BCUT2D eigenvalue weighted by atomic mass is 10.1. The normalized spacial score (nSPS) is 33.9. The second-order valence-electron chi connectivity index (χ2n) is 4.58. The van der Waals surface area contributed by atoms with E-state index in [4.69, 9.17) is 21.3 Å². The second-order valence-corrected chi connectivity index (χ2v) is 4.58. The quantitative estimate of drug-likeness (QED) is 0.388. The van der Waals surface area contributed by atoms with E-state index >= 15 is 0 Å². The number of aromatic nitrogens is 4. The van der Waals surface area contributed by atoms with Crippen LogP contribution in [0, 0.1) is 0 Å². The van der Waals surface area contributed by atoms with Crippen molar-refractivity contribution in [2.24, 2.45) is 5.73 Å². The molecule has 0 amide bonds. The number of imidazole rings is 1. The molecule has 0 aliphatic carbocycles. The summed E-state index contributed by atoms with van der Waals surface area (Å²) in [7, 11) is 0. The highest BCUT2D eigenvalue weighted by molar-refractivity contribution is 5.70. The first-order chi connectivity index (χ1) is 9.47. The Morgan fingerprint density at radius 2 is 2.15 bits per heavy atom. The Hall–Kier alpha value is -1.85. The number of nitrogens with two attached hydrogens (primary N) is 2. The molecule has 1 aliphatic heterocycles. The van der Waals surface area contributed by atoms with E-state index in [9.17, 15) is 10.2 Å². The van der Waals surface area contributed by atoms with E-state index < -0.39 is 30.8 Å². The van der Waals surface area contributed by atoms with Gasteiger partial charge in [0.05, 0.1) is 12.8 Å². The number of aliphatic hydroxyl groups excluding tert-OH is 3. The summed E-state index contributed by atoms with van der Waals surface area (Å²) in [5.74, 6) is -1.79. The minimum absolute atomic E-state index is 0.00888. The van der Waals surface area contributed by atoms with Crippen molar-refractivity contribution in [3.63, 3.8) is 0 Å². The van der Waals surface area contributed by atoms with Gasteiger partial charge in [-0.25, -0.2) is 9.97 Å². The van der Waals surface area contributed by atoms with Crippen molar-refractivity contribution < 1.29 is 20.1 Å². The van der Waals surface area contributed by atoms with Crippen LogP contribution in [-0.2, 0) is 10.6 Å². The summed E-state index contributed by atoms with van der Waals surface area (Å²) < 4.78 is 6.62. The third kappa shape index (κ3) is 1.67. The van der Waals surface area contributed by atoms with Crippen molar-refractivity contribution in [3.05, 3.63) is 12.5 Å². The van der Waals surface area contributed by atoms with Gasteiger partial charge < -0.3 is 25.8 Å². The van der Waals surface area contributed by atoms with Crippen molar-refractivity contribution in [2.45, 2.75) is 24.2 Å². The summed E-state index contributed by atoms with van der Waals surface area (Å²) in [5, 5.41) is 29.0. The van der Waals surface area contributed by atoms with Crippen LogP contribution in [0.2, 0.25) is 0 Å². The van der Waals surface area contributed by atoms with Crippen molar-refractivity contribution in [2.75, 3.05) is 12.3 Å². The Balaban J connectivity index is 2.12. The van der Waals surface area contributed by atoms with E-state index in [1.165, 1.54) is 17.1 Å². The first kappa shape index (κ1) is 13.1. The number of hydrogen-bond donors (Lipinski definition) is 5. The molecule has 108 valence electrons. The largest absolute Gasteiger partial charge is 0.394 e. The summed E-state index contributed by atoms with van der Waals surface area (Å²) in [6, 6.07) is 0. The highest BCUT2D eigenvalue weighted by atomic mass is 16.6. The second kappa shape index (κ2) is 4.33. The molecule has 2 aromatic rings. The Bertz CT molecular complexity index is 648. The smallest absolute Gasteiger partial charge is 0.231 e. The summed E-state index contributed by atoms with van der Waals surface area (Å²) in [6.07, 6.45) is -1.10. The maximum Gasteiger partial charge on any atom is 0.231 e. The molecule has 20 heavy (non-hydrogen) atoms. The van der Waals surface area contributed by atoms with Crippen LogP contribution in [0.3, 0.4) is 0 Å².